The second kappa shape index (κ2) is 8.81. The van der Waals surface area contributed by atoms with Crippen LogP contribution >= 0.6 is 0 Å². The maximum absolute atomic E-state index is 13.0. The summed E-state index contributed by atoms with van der Waals surface area (Å²) in [5.74, 6) is 1.04. The van der Waals surface area contributed by atoms with Gasteiger partial charge in [-0.3, -0.25) is 4.79 Å². The molecule has 1 amide bonds. The molecule has 0 aliphatic carbocycles. The first-order valence-corrected chi connectivity index (χ1v) is 10.8. The molecule has 7 heteroatoms. The molecule has 30 heavy (non-hydrogen) atoms. The van der Waals surface area contributed by atoms with Crippen LogP contribution in [-0.2, 0) is 6.54 Å². The Labute approximate surface area is 176 Å². The van der Waals surface area contributed by atoms with E-state index in [-0.39, 0.29) is 11.8 Å². The van der Waals surface area contributed by atoms with E-state index in [1.54, 1.807) is 0 Å². The van der Waals surface area contributed by atoms with Crippen molar-refractivity contribution in [2.24, 2.45) is 0 Å². The topological polar surface area (TPSA) is 84.1 Å². The van der Waals surface area contributed by atoms with Gasteiger partial charge in [0.1, 0.15) is 5.82 Å². The maximum atomic E-state index is 13.0. The zero-order chi connectivity index (χ0) is 21.1. The Morgan fingerprint density at radius 1 is 1.20 bits per heavy atom. The summed E-state index contributed by atoms with van der Waals surface area (Å²) in [7, 11) is 0. The van der Waals surface area contributed by atoms with E-state index in [0.29, 0.717) is 28.9 Å². The quantitative estimate of drug-likeness (QED) is 0.676. The lowest BCUT2D eigenvalue weighted by molar-refractivity contribution is 0.0952. The number of pyridine rings is 2. The lowest BCUT2D eigenvalue weighted by Crippen LogP contribution is -2.25. The van der Waals surface area contributed by atoms with Crippen molar-refractivity contribution in [3.05, 3.63) is 46.9 Å². The van der Waals surface area contributed by atoms with Gasteiger partial charge in [0, 0.05) is 31.5 Å². The van der Waals surface area contributed by atoms with Crippen molar-refractivity contribution in [1.82, 2.24) is 20.4 Å². The lowest BCUT2D eigenvalue weighted by Gasteiger charge is -2.21. The molecule has 158 valence electrons. The normalized spacial score (nSPS) is 14.9. The van der Waals surface area contributed by atoms with E-state index in [0.717, 1.165) is 30.2 Å². The molecule has 1 aliphatic heterocycles. The van der Waals surface area contributed by atoms with Crippen molar-refractivity contribution in [2.45, 2.75) is 58.9 Å². The first-order valence-electron chi connectivity index (χ1n) is 10.8. The minimum Gasteiger partial charge on any atom is -0.357 e. The van der Waals surface area contributed by atoms with Crippen LogP contribution in [0.5, 0.6) is 0 Å². The van der Waals surface area contributed by atoms with Crippen LogP contribution in [0.2, 0.25) is 0 Å². The summed E-state index contributed by atoms with van der Waals surface area (Å²) in [6, 6.07) is 5.94. The molecule has 3 aromatic rings. The summed E-state index contributed by atoms with van der Waals surface area (Å²) in [5, 5.41) is 7.67. The number of fused-ring (bicyclic) bond motifs is 1. The van der Waals surface area contributed by atoms with Crippen molar-refractivity contribution in [2.75, 3.05) is 18.0 Å². The first-order chi connectivity index (χ1) is 14.5. The minimum absolute atomic E-state index is 0.160. The molecule has 4 heterocycles. The van der Waals surface area contributed by atoms with E-state index < -0.39 is 0 Å². The van der Waals surface area contributed by atoms with E-state index in [2.05, 4.69) is 31.4 Å². The summed E-state index contributed by atoms with van der Waals surface area (Å²) in [6.45, 7) is 8.45. The summed E-state index contributed by atoms with van der Waals surface area (Å²) >= 11 is 0. The third-order valence-corrected chi connectivity index (χ3v) is 5.67. The van der Waals surface area contributed by atoms with Crippen LogP contribution in [-0.4, -0.2) is 34.1 Å². The van der Waals surface area contributed by atoms with Crippen LogP contribution in [0.3, 0.4) is 0 Å². The summed E-state index contributed by atoms with van der Waals surface area (Å²) in [4.78, 5) is 24.4. The standard InChI is InChI=1S/C23H29N5O2/c1-15(2)19-12-18(21-16(3)27-30-23(21)26-19)22(29)25-14-17-8-9-20(24-13-17)28-10-6-4-5-7-11-28/h8-9,12-13,15H,4-7,10-11,14H2,1-3H3,(H,25,29). The highest BCUT2D eigenvalue weighted by atomic mass is 16.5. The van der Waals surface area contributed by atoms with Gasteiger partial charge in [-0.1, -0.05) is 37.9 Å². The summed E-state index contributed by atoms with van der Waals surface area (Å²) in [5.41, 5.74) is 3.41. The molecule has 0 aromatic carbocycles. The Morgan fingerprint density at radius 3 is 2.63 bits per heavy atom. The van der Waals surface area contributed by atoms with Gasteiger partial charge in [0.2, 0.25) is 0 Å². The number of carbonyl (C=O) groups is 1. The van der Waals surface area contributed by atoms with Crippen molar-refractivity contribution in [3.8, 4) is 0 Å². The zero-order valence-corrected chi connectivity index (χ0v) is 17.9. The number of aromatic nitrogens is 3. The van der Waals surface area contributed by atoms with E-state index >= 15 is 0 Å². The predicted molar refractivity (Wildman–Crippen MR) is 117 cm³/mol. The van der Waals surface area contributed by atoms with Crippen LogP contribution in [0.25, 0.3) is 11.1 Å². The Bertz CT molecular complexity index is 1020. The van der Waals surface area contributed by atoms with Crippen molar-refractivity contribution >= 4 is 22.8 Å². The summed E-state index contributed by atoms with van der Waals surface area (Å²) < 4.78 is 5.32. The Kier molecular flexibility index (Phi) is 5.97. The van der Waals surface area contributed by atoms with Gasteiger partial charge in [-0.2, -0.15) is 0 Å². The average molecular weight is 408 g/mol. The number of carbonyl (C=O) groups excluding carboxylic acids is 1. The number of anilines is 1. The smallest absolute Gasteiger partial charge is 0.259 e. The maximum Gasteiger partial charge on any atom is 0.259 e. The highest BCUT2D eigenvalue weighted by molar-refractivity contribution is 6.06. The third-order valence-electron chi connectivity index (χ3n) is 5.67. The molecule has 3 aromatic heterocycles. The van der Waals surface area contributed by atoms with Gasteiger partial charge in [0.15, 0.2) is 0 Å². The molecular weight excluding hydrogens is 378 g/mol. The SMILES string of the molecule is Cc1noc2nc(C(C)C)cc(C(=O)NCc3ccc(N4CCCCCC4)nc3)c12. The van der Waals surface area contributed by atoms with Crippen LogP contribution in [0.1, 0.15) is 72.8 Å². The van der Waals surface area contributed by atoms with Gasteiger partial charge >= 0.3 is 0 Å². The number of nitrogens with one attached hydrogen (secondary N) is 1. The molecule has 4 rings (SSSR count). The number of hydrogen-bond donors (Lipinski definition) is 1. The minimum atomic E-state index is -0.160. The first kappa shape index (κ1) is 20.3. The van der Waals surface area contributed by atoms with Crippen LogP contribution in [0, 0.1) is 6.92 Å². The molecule has 1 aliphatic rings. The zero-order valence-electron chi connectivity index (χ0n) is 17.9. The van der Waals surface area contributed by atoms with Crippen LogP contribution in [0.15, 0.2) is 28.9 Å². The monoisotopic (exact) mass is 407 g/mol. The number of amides is 1. The van der Waals surface area contributed by atoms with Crippen molar-refractivity contribution in [3.63, 3.8) is 0 Å². The second-order valence-electron chi connectivity index (χ2n) is 8.31. The molecule has 7 nitrogen and oxygen atoms in total. The highest BCUT2D eigenvalue weighted by Crippen LogP contribution is 2.25. The van der Waals surface area contributed by atoms with E-state index in [4.69, 9.17) is 4.52 Å². The van der Waals surface area contributed by atoms with Crippen molar-refractivity contribution in [1.29, 1.82) is 0 Å². The van der Waals surface area contributed by atoms with Gasteiger partial charge in [-0.05, 0) is 43.4 Å². The molecule has 1 saturated heterocycles. The van der Waals surface area contributed by atoms with Crippen LogP contribution in [0.4, 0.5) is 5.82 Å². The molecule has 1 N–H and O–H groups in total. The van der Waals surface area contributed by atoms with Gasteiger partial charge < -0.3 is 14.7 Å². The second-order valence-corrected chi connectivity index (χ2v) is 8.31. The molecule has 0 unspecified atom stereocenters. The molecule has 0 saturated carbocycles. The van der Waals surface area contributed by atoms with Crippen LogP contribution < -0.4 is 10.2 Å². The fourth-order valence-corrected chi connectivity index (χ4v) is 3.87. The fraction of sp³-hybridized carbons (Fsp3) is 0.478. The number of rotatable bonds is 5. The van der Waals surface area contributed by atoms with Gasteiger partial charge in [0.05, 0.1) is 16.6 Å². The predicted octanol–water partition coefficient (Wildman–Crippen LogP) is 4.36. The Balaban J connectivity index is 1.47. The van der Waals surface area contributed by atoms with E-state index in [9.17, 15) is 4.79 Å². The number of hydrogen-bond acceptors (Lipinski definition) is 6. The molecular formula is C23H29N5O2. The van der Waals surface area contributed by atoms with Gasteiger partial charge in [-0.25, -0.2) is 9.97 Å². The average Bonchev–Trinajstić information content (AvgIpc) is 2.95. The Hall–Kier alpha value is -2.96. The largest absolute Gasteiger partial charge is 0.357 e. The number of nitrogens with zero attached hydrogens (tertiary/aromatic N) is 4. The molecule has 0 bridgehead atoms. The lowest BCUT2D eigenvalue weighted by atomic mass is 10.0. The molecule has 0 atom stereocenters. The Morgan fingerprint density at radius 2 is 1.97 bits per heavy atom. The van der Waals surface area contributed by atoms with E-state index in [1.807, 2.05) is 39.1 Å². The number of aryl methyl sites for hydroxylation is 1. The molecule has 1 fully saturated rings. The molecule has 0 spiro atoms. The van der Waals surface area contributed by atoms with Crippen molar-refractivity contribution < 1.29 is 9.32 Å². The van der Waals surface area contributed by atoms with Gasteiger partial charge in [0.25, 0.3) is 11.6 Å². The fourth-order valence-electron chi connectivity index (χ4n) is 3.87. The molecule has 0 radical (unpaired) electrons. The third kappa shape index (κ3) is 4.30. The van der Waals surface area contributed by atoms with Gasteiger partial charge in [-0.15, -0.1) is 0 Å². The highest BCUT2D eigenvalue weighted by Gasteiger charge is 2.19. The summed E-state index contributed by atoms with van der Waals surface area (Å²) in [6.07, 6.45) is 6.90. The van der Waals surface area contributed by atoms with E-state index in [1.165, 1.54) is 25.7 Å².